The molecule has 0 radical (unpaired) electrons. The average molecular weight is 274 g/mol. The minimum absolute atomic E-state index is 0. The van der Waals surface area contributed by atoms with E-state index in [1.807, 2.05) is 44.2 Å². The van der Waals surface area contributed by atoms with Crippen LogP contribution in [0.25, 0.3) is 0 Å². The van der Waals surface area contributed by atoms with Gasteiger partial charge in [0.05, 0.1) is 6.10 Å². The molecule has 0 atom stereocenters. The molecule has 0 saturated carbocycles. The molecular formula is C10H14ClNNiO2. The normalized spacial score (nSPS) is 8.47. The van der Waals surface area contributed by atoms with Gasteiger partial charge < -0.3 is 4.74 Å². The van der Waals surface area contributed by atoms with E-state index in [0.29, 0.717) is 0 Å². The van der Waals surface area contributed by atoms with E-state index in [1.165, 1.54) is 0 Å². The van der Waals surface area contributed by atoms with E-state index in [-0.39, 0.29) is 35.0 Å². The van der Waals surface area contributed by atoms with E-state index in [1.54, 1.807) is 0 Å². The van der Waals surface area contributed by atoms with Crippen molar-refractivity contribution >= 4 is 24.2 Å². The van der Waals surface area contributed by atoms with Gasteiger partial charge in [-0.2, -0.15) is 0 Å². The van der Waals surface area contributed by atoms with E-state index in [9.17, 15) is 4.79 Å². The molecule has 0 bridgehead atoms. The molecular weight excluding hydrogens is 260 g/mol. The Hall–Kier alpha value is -0.726. The maximum Gasteiger partial charge on any atom is 0.411 e. The van der Waals surface area contributed by atoms with Crippen LogP contribution < -0.4 is 5.32 Å². The van der Waals surface area contributed by atoms with Crippen LogP contribution in [0.5, 0.6) is 0 Å². The zero-order valence-corrected chi connectivity index (χ0v) is 10.3. The van der Waals surface area contributed by atoms with Gasteiger partial charge in [-0.25, -0.2) is 4.79 Å². The van der Waals surface area contributed by atoms with Gasteiger partial charge in [0, 0.05) is 22.2 Å². The first-order chi connectivity index (χ1) is 6.18. The minimum atomic E-state index is -0.416. The van der Waals surface area contributed by atoms with Crippen molar-refractivity contribution < 1.29 is 26.0 Å². The zero-order valence-electron chi connectivity index (χ0n) is 8.51. The van der Waals surface area contributed by atoms with E-state index in [0.717, 1.165) is 5.69 Å². The second kappa shape index (κ2) is 8.57. The molecule has 88 valence electrons. The zero-order chi connectivity index (χ0) is 9.68. The van der Waals surface area contributed by atoms with E-state index in [4.69, 9.17) is 4.74 Å². The van der Waals surface area contributed by atoms with Crippen LogP contribution in [-0.2, 0) is 21.2 Å². The van der Waals surface area contributed by atoms with Crippen molar-refractivity contribution in [1.82, 2.24) is 0 Å². The van der Waals surface area contributed by atoms with E-state index < -0.39 is 6.09 Å². The molecule has 0 aliphatic carbocycles. The molecule has 0 heterocycles. The molecule has 1 amide bonds. The Morgan fingerprint density at radius 2 is 1.80 bits per heavy atom. The number of halogens is 1. The third-order valence-corrected chi connectivity index (χ3v) is 1.36. The second-order valence-corrected chi connectivity index (χ2v) is 2.95. The number of anilines is 1. The first-order valence-corrected chi connectivity index (χ1v) is 4.21. The summed E-state index contributed by atoms with van der Waals surface area (Å²) in [5.41, 5.74) is 0.744. The number of amides is 1. The summed E-state index contributed by atoms with van der Waals surface area (Å²) < 4.78 is 4.90. The summed E-state index contributed by atoms with van der Waals surface area (Å²) >= 11 is 0. The fourth-order valence-corrected chi connectivity index (χ4v) is 0.883. The molecule has 15 heavy (non-hydrogen) atoms. The molecule has 0 saturated heterocycles. The summed E-state index contributed by atoms with van der Waals surface area (Å²) in [6, 6.07) is 9.21. The van der Waals surface area contributed by atoms with Crippen LogP contribution >= 0.6 is 12.4 Å². The summed E-state index contributed by atoms with van der Waals surface area (Å²) in [6.07, 6.45) is -0.509. The number of rotatable bonds is 2. The van der Waals surface area contributed by atoms with Crippen LogP contribution in [0.3, 0.4) is 0 Å². The average Bonchev–Trinajstić information content (AvgIpc) is 2.04. The largest absolute Gasteiger partial charge is 0.447 e. The Balaban J connectivity index is 0. The Bertz CT molecular complexity index is 280. The van der Waals surface area contributed by atoms with Crippen LogP contribution in [0.4, 0.5) is 10.5 Å². The Morgan fingerprint density at radius 1 is 1.27 bits per heavy atom. The van der Waals surface area contributed by atoms with Gasteiger partial charge in [0.1, 0.15) is 0 Å². The molecule has 1 N–H and O–H groups in total. The molecule has 0 aliphatic heterocycles. The predicted octanol–water partition coefficient (Wildman–Crippen LogP) is 3.06. The molecule has 0 spiro atoms. The maximum absolute atomic E-state index is 11.1. The summed E-state index contributed by atoms with van der Waals surface area (Å²) in [5.74, 6) is 0. The molecule has 0 unspecified atom stereocenters. The number of carbonyl (C=O) groups is 1. The van der Waals surface area contributed by atoms with Crippen LogP contribution in [0, 0.1) is 0 Å². The van der Waals surface area contributed by atoms with E-state index in [2.05, 4.69) is 5.32 Å². The molecule has 5 heteroatoms. The van der Waals surface area contributed by atoms with Gasteiger partial charge in [0.15, 0.2) is 0 Å². The Morgan fingerprint density at radius 3 is 2.27 bits per heavy atom. The van der Waals surface area contributed by atoms with Crippen molar-refractivity contribution in [1.29, 1.82) is 0 Å². The summed E-state index contributed by atoms with van der Waals surface area (Å²) in [6.45, 7) is 3.62. The third kappa shape index (κ3) is 7.23. The summed E-state index contributed by atoms with van der Waals surface area (Å²) in [5, 5.41) is 2.61. The van der Waals surface area contributed by atoms with Crippen molar-refractivity contribution in [3.8, 4) is 0 Å². The molecule has 1 aromatic rings. The van der Waals surface area contributed by atoms with Gasteiger partial charge in [-0.3, -0.25) is 5.32 Å². The van der Waals surface area contributed by atoms with Gasteiger partial charge in [-0.05, 0) is 26.0 Å². The number of carbonyl (C=O) groups excluding carboxylic acids is 1. The van der Waals surface area contributed by atoms with E-state index >= 15 is 0 Å². The van der Waals surface area contributed by atoms with Crippen molar-refractivity contribution in [3.63, 3.8) is 0 Å². The number of hydrogen-bond donors (Lipinski definition) is 1. The first kappa shape index (κ1) is 16.7. The molecule has 1 rings (SSSR count). The summed E-state index contributed by atoms with van der Waals surface area (Å²) in [4.78, 5) is 11.1. The summed E-state index contributed by atoms with van der Waals surface area (Å²) in [7, 11) is 0. The topological polar surface area (TPSA) is 38.3 Å². The predicted molar refractivity (Wildman–Crippen MR) is 58.9 cm³/mol. The third-order valence-electron chi connectivity index (χ3n) is 1.36. The fourth-order valence-electron chi connectivity index (χ4n) is 0.883. The van der Waals surface area contributed by atoms with Crippen LogP contribution in [-0.4, -0.2) is 12.2 Å². The second-order valence-electron chi connectivity index (χ2n) is 2.95. The van der Waals surface area contributed by atoms with Crippen molar-refractivity contribution in [2.24, 2.45) is 0 Å². The SMILES string of the molecule is CC(C)OC(=O)Nc1ccccc1.Cl.[Ni]. The van der Waals surface area contributed by atoms with Crippen molar-refractivity contribution in [2.45, 2.75) is 20.0 Å². The molecule has 0 aromatic heterocycles. The standard InChI is InChI=1S/C10H13NO2.ClH.Ni/c1-8(2)13-10(12)11-9-6-4-3-5-7-9;;/h3-8H,1-2H3,(H,11,12);1H;. The van der Waals surface area contributed by atoms with Gasteiger partial charge in [-0.15, -0.1) is 12.4 Å². The molecule has 0 fully saturated rings. The number of ether oxygens (including phenoxy) is 1. The van der Waals surface area contributed by atoms with Crippen molar-refractivity contribution in [2.75, 3.05) is 5.32 Å². The van der Waals surface area contributed by atoms with Gasteiger partial charge in [0.2, 0.25) is 0 Å². The van der Waals surface area contributed by atoms with Crippen LogP contribution in [0.1, 0.15) is 13.8 Å². The van der Waals surface area contributed by atoms with Crippen LogP contribution in [0.15, 0.2) is 30.3 Å². The molecule has 3 nitrogen and oxygen atoms in total. The van der Waals surface area contributed by atoms with Gasteiger partial charge in [0.25, 0.3) is 0 Å². The Labute approximate surface area is 106 Å². The fraction of sp³-hybridized carbons (Fsp3) is 0.300. The van der Waals surface area contributed by atoms with Crippen LogP contribution in [0.2, 0.25) is 0 Å². The Kier molecular flexibility index (Phi) is 9.54. The smallest absolute Gasteiger partial charge is 0.411 e. The number of nitrogens with one attached hydrogen (secondary N) is 1. The molecule has 1 aromatic carbocycles. The van der Waals surface area contributed by atoms with Gasteiger partial charge >= 0.3 is 6.09 Å². The van der Waals surface area contributed by atoms with Gasteiger partial charge in [-0.1, -0.05) is 18.2 Å². The number of hydrogen-bond acceptors (Lipinski definition) is 2. The number of para-hydroxylation sites is 1. The maximum atomic E-state index is 11.1. The molecule has 0 aliphatic rings. The minimum Gasteiger partial charge on any atom is -0.447 e. The monoisotopic (exact) mass is 273 g/mol. The number of benzene rings is 1. The van der Waals surface area contributed by atoms with Crippen molar-refractivity contribution in [3.05, 3.63) is 30.3 Å². The first-order valence-electron chi connectivity index (χ1n) is 4.21. The quantitative estimate of drug-likeness (QED) is 0.842.